The van der Waals surface area contributed by atoms with Crippen molar-refractivity contribution in [1.29, 1.82) is 0 Å². The predicted octanol–water partition coefficient (Wildman–Crippen LogP) is 15.4. The molecule has 0 aliphatic carbocycles. The molecule has 0 fully saturated rings. The van der Waals surface area contributed by atoms with Gasteiger partial charge in [-0.05, 0) is 32.1 Å². The smallest absolute Gasteiger partial charge is 0.234 e. The van der Waals surface area contributed by atoms with Crippen LogP contribution in [0.25, 0.3) is 0 Å². The Morgan fingerprint density at radius 1 is 0.362 bits per heavy atom. The van der Waals surface area contributed by atoms with E-state index >= 15 is 0 Å². The predicted molar refractivity (Wildman–Crippen MR) is 212 cm³/mol. The monoisotopic (exact) mass is 658 g/mol. The Morgan fingerprint density at radius 3 is 1.02 bits per heavy atom. The van der Waals surface area contributed by atoms with Crippen molar-refractivity contribution in [1.82, 2.24) is 4.57 Å². The summed E-state index contributed by atoms with van der Waals surface area (Å²) < 4.78 is 5.29. The van der Waals surface area contributed by atoms with E-state index in [1.165, 1.54) is 251 Å². The van der Waals surface area contributed by atoms with E-state index in [0.717, 1.165) is 0 Å². The second kappa shape index (κ2) is 36.5. The largest absolute Gasteiger partial charge is 0.256 e. The summed E-state index contributed by atoms with van der Waals surface area (Å²) in [5.74, 6) is 1.63. The molecule has 1 aromatic rings. The molecule has 0 spiro atoms. The first-order valence-electron chi connectivity index (χ1n) is 22.4. The van der Waals surface area contributed by atoms with E-state index in [-0.39, 0.29) is 0 Å². The van der Waals surface area contributed by atoms with E-state index in [2.05, 4.69) is 42.3 Å². The average molecular weight is 658 g/mol. The number of imidazole rings is 1. The van der Waals surface area contributed by atoms with E-state index in [0.29, 0.717) is 0 Å². The fourth-order valence-electron chi connectivity index (χ4n) is 7.56. The highest BCUT2D eigenvalue weighted by Crippen LogP contribution is 2.16. The minimum absolute atomic E-state index is 1.23. The molecule has 0 saturated carbocycles. The molecule has 0 radical (unpaired) electrons. The third-order valence-corrected chi connectivity index (χ3v) is 10.8. The van der Waals surface area contributed by atoms with Crippen molar-refractivity contribution in [2.45, 2.75) is 271 Å². The molecule has 2 heteroatoms. The highest BCUT2D eigenvalue weighted by atomic mass is 15.1. The molecule has 0 bridgehead atoms. The van der Waals surface area contributed by atoms with Crippen molar-refractivity contribution in [3.63, 3.8) is 0 Å². The summed E-state index contributed by atoms with van der Waals surface area (Å²) in [5.41, 5.74) is 0. The van der Waals surface area contributed by atoms with Crippen molar-refractivity contribution in [2.24, 2.45) is 0 Å². The second-order valence-corrected chi connectivity index (χ2v) is 15.5. The summed E-state index contributed by atoms with van der Waals surface area (Å²) >= 11 is 0. The highest BCUT2D eigenvalue weighted by Gasteiger charge is 2.16. The lowest BCUT2D eigenvalue weighted by Crippen LogP contribution is -2.37. The maximum absolute atomic E-state index is 2.65. The summed E-state index contributed by atoms with van der Waals surface area (Å²) in [7, 11) is 0. The SMILES string of the molecule is CCCCCCCCCCCCCCCCc1n(CCCCCCCCCC)cc[n+]1CCCCCCCCCCCCCCCC. The summed E-state index contributed by atoms with van der Waals surface area (Å²) in [5, 5.41) is 0. The van der Waals surface area contributed by atoms with Gasteiger partial charge in [0.15, 0.2) is 0 Å². The normalized spacial score (nSPS) is 11.6. The summed E-state index contributed by atoms with van der Waals surface area (Å²) in [4.78, 5) is 0. The first kappa shape index (κ1) is 44.2. The number of aryl methyl sites for hydroxylation is 2. The molecule has 47 heavy (non-hydrogen) atoms. The van der Waals surface area contributed by atoms with Gasteiger partial charge >= 0.3 is 0 Å². The molecule has 0 N–H and O–H groups in total. The molecule has 1 aromatic heterocycles. The van der Waals surface area contributed by atoms with Gasteiger partial charge in [0.25, 0.3) is 5.82 Å². The summed E-state index contributed by atoms with van der Waals surface area (Å²) in [6, 6.07) is 0. The van der Waals surface area contributed by atoms with E-state index in [4.69, 9.17) is 0 Å². The average Bonchev–Trinajstić information content (AvgIpc) is 3.47. The molecule has 0 aliphatic rings. The molecule has 0 saturated heterocycles. The van der Waals surface area contributed by atoms with Gasteiger partial charge in [-0.15, -0.1) is 0 Å². The van der Waals surface area contributed by atoms with Gasteiger partial charge in [-0.2, -0.15) is 0 Å². The Labute approximate surface area is 298 Å². The molecule has 0 unspecified atom stereocenters. The van der Waals surface area contributed by atoms with E-state index in [9.17, 15) is 0 Å². The van der Waals surface area contributed by atoms with Crippen LogP contribution in [0.3, 0.4) is 0 Å². The first-order valence-corrected chi connectivity index (χ1v) is 22.4. The zero-order valence-corrected chi connectivity index (χ0v) is 33.1. The van der Waals surface area contributed by atoms with Gasteiger partial charge in [0, 0.05) is 6.42 Å². The lowest BCUT2D eigenvalue weighted by Gasteiger charge is -2.07. The molecule has 278 valence electrons. The van der Waals surface area contributed by atoms with Crippen LogP contribution in [0.5, 0.6) is 0 Å². The van der Waals surface area contributed by atoms with E-state index in [1.54, 1.807) is 5.82 Å². The Balaban J connectivity index is 2.25. The maximum Gasteiger partial charge on any atom is 0.256 e. The summed E-state index contributed by atoms with van der Waals surface area (Å²) in [6.07, 6.45) is 57.8. The third kappa shape index (κ3) is 28.7. The van der Waals surface area contributed by atoms with Crippen LogP contribution in [0.2, 0.25) is 0 Å². The minimum atomic E-state index is 1.23. The third-order valence-electron chi connectivity index (χ3n) is 10.8. The lowest BCUT2D eigenvalue weighted by molar-refractivity contribution is -0.704. The van der Waals surface area contributed by atoms with Gasteiger partial charge in [-0.25, -0.2) is 9.13 Å². The number of nitrogens with zero attached hydrogens (tertiary/aromatic N) is 2. The Morgan fingerprint density at radius 2 is 0.660 bits per heavy atom. The van der Waals surface area contributed by atoms with Crippen molar-refractivity contribution >= 4 is 0 Å². The van der Waals surface area contributed by atoms with Gasteiger partial charge in [0.2, 0.25) is 0 Å². The topological polar surface area (TPSA) is 8.81 Å². The molecule has 1 rings (SSSR count). The fraction of sp³-hybridized carbons (Fsp3) is 0.933. The molecule has 0 atom stereocenters. The van der Waals surface area contributed by atoms with Crippen LogP contribution >= 0.6 is 0 Å². The van der Waals surface area contributed by atoms with Gasteiger partial charge in [-0.3, -0.25) is 0 Å². The fourth-order valence-corrected chi connectivity index (χ4v) is 7.56. The standard InChI is InChI=1S/C45H89N2/c1-4-7-10-13-16-19-21-23-25-27-29-31-34-37-40-45-46(41-38-35-32-18-15-12-9-6-3)43-44-47(45)42-39-36-33-30-28-26-24-22-20-17-14-11-8-5-2/h43-44H,4-42H2,1-3H3/q+1. The van der Waals surface area contributed by atoms with Crippen molar-refractivity contribution in [3.05, 3.63) is 18.2 Å². The second-order valence-electron chi connectivity index (χ2n) is 15.5. The number of hydrogen-bond acceptors (Lipinski definition) is 0. The minimum Gasteiger partial charge on any atom is -0.234 e. The van der Waals surface area contributed by atoms with Crippen LogP contribution in [0, 0.1) is 0 Å². The van der Waals surface area contributed by atoms with Gasteiger partial charge in [0.05, 0.1) is 13.1 Å². The number of hydrogen-bond donors (Lipinski definition) is 0. The Hall–Kier alpha value is -0.790. The van der Waals surface area contributed by atoms with Gasteiger partial charge in [0.1, 0.15) is 12.4 Å². The van der Waals surface area contributed by atoms with E-state index < -0.39 is 0 Å². The van der Waals surface area contributed by atoms with Crippen LogP contribution in [0.1, 0.15) is 258 Å². The van der Waals surface area contributed by atoms with E-state index in [1.807, 2.05) is 0 Å². The van der Waals surface area contributed by atoms with Crippen LogP contribution in [0.15, 0.2) is 12.4 Å². The Kier molecular flexibility index (Phi) is 34.3. The zero-order valence-electron chi connectivity index (χ0n) is 33.1. The summed E-state index contributed by atoms with van der Waals surface area (Å²) in [6.45, 7) is 9.41. The van der Waals surface area contributed by atoms with Crippen molar-refractivity contribution in [3.8, 4) is 0 Å². The van der Waals surface area contributed by atoms with Crippen molar-refractivity contribution < 1.29 is 4.57 Å². The molecular weight excluding hydrogens is 569 g/mol. The van der Waals surface area contributed by atoms with Crippen LogP contribution in [0.4, 0.5) is 0 Å². The molecule has 2 nitrogen and oxygen atoms in total. The molecular formula is C45H89N2+. The van der Waals surface area contributed by atoms with Crippen molar-refractivity contribution in [2.75, 3.05) is 0 Å². The van der Waals surface area contributed by atoms with Crippen LogP contribution < -0.4 is 4.57 Å². The first-order chi connectivity index (χ1) is 23.3. The van der Waals surface area contributed by atoms with Gasteiger partial charge in [-0.1, -0.05) is 220 Å². The Bertz CT molecular complexity index is 722. The molecule has 0 amide bonds. The molecule has 1 heterocycles. The zero-order chi connectivity index (χ0) is 33.7. The number of aromatic nitrogens is 2. The van der Waals surface area contributed by atoms with Crippen LogP contribution in [-0.2, 0) is 19.5 Å². The maximum atomic E-state index is 2.65. The van der Waals surface area contributed by atoms with Gasteiger partial charge < -0.3 is 0 Å². The molecule has 0 aromatic carbocycles. The lowest BCUT2D eigenvalue weighted by atomic mass is 10.0. The molecule has 0 aliphatic heterocycles. The number of rotatable bonds is 39. The van der Waals surface area contributed by atoms with Crippen LogP contribution in [-0.4, -0.2) is 4.57 Å². The number of unbranched alkanes of at least 4 members (excludes halogenated alkanes) is 33. The quantitative estimate of drug-likeness (QED) is 0.0492. The highest BCUT2D eigenvalue weighted by molar-refractivity contribution is 4.84.